The van der Waals surface area contributed by atoms with E-state index in [9.17, 15) is 4.79 Å². The zero-order chi connectivity index (χ0) is 7.28. The van der Waals surface area contributed by atoms with E-state index in [4.69, 9.17) is 0 Å². The van der Waals surface area contributed by atoms with Crippen LogP contribution in [0.1, 0.15) is 20.3 Å². The molecule has 0 saturated carbocycles. The zero-order valence-corrected chi connectivity index (χ0v) is 5.98. The van der Waals surface area contributed by atoms with Gasteiger partial charge in [0.15, 0.2) is 0 Å². The zero-order valence-electron chi connectivity index (χ0n) is 5.98. The van der Waals surface area contributed by atoms with Crippen molar-refractivity contribution < 1.29 is 4.79 Å². The van der Waals surface area contributed by atoms with Gasteiger partial charge in [0.25, 0.3) is 0 Å². The van der Waals surface area contributed by atoms with Gasteiger partial charge < -0.3 is 0 Å². The minimum atomic E-state index is 0.708. The Balaban J connectivity index is 3.86. The highest BCUT2D eigenvalue weighted by Crippen LogP contribution is 2.04. The average Bonchev–Trinajstić information content (AvgIpc) is 1.82. The van der Waals surface area contributed by atoms with Crippen LogP contribution in [0.25, 0.3) is 0 Å². The van der Waals surface area contributed by atoms with Crippen LogP contribution in [0.15, 0.2) is 23.8 Å². The summed E-state index contributed by atoms with van der Waals surface area (Å²) < 4.78 is 0. The summed E-state index contributed by atoms with van der Waals surface area (Å²) in [6.07, 6.45) is 3.39. The number of rotatable bonds is 3. The van der Waals surface area contributed by atoms with Crippen LogP contribution in [-0.2, 0) is 4.79 Å². The lowest BCUT2D eigenvalue weighted by Crippen LogP contribution is -1.83. The fourth-order valence-corrected chi connectivity index (χ4v) is 0.560. The van der Waals surface area contributed by atoms with Gasteiger partial charge in [-0.3, -0.25) is 4.79 Å². The molecular formula is C8H12O. The smallest absolute Gasteiger partial charge is 0.146 e. The number of hydrogen-bond acceptors (Lipinski definition) is 1. The maximum atomic E-state index is 10.2. The van der Waals surface area contributed by atoms with Crippen molar-refractivity contribution >= 4 is 6.29 Å². The second-order valence-corrected chi connectivity index (χ2v) is 2.12. The van der Waals surface area contributed by atoms with Gasteiger partial charge in [-0.05, 0) is 25.8 Å². The molecule has 0 aliphatic heterocycles. The Morgan fingerprint density at radius 2 is 2.22 bits per heavy atom. The molecule has 0 aromatic carbocycles. The van der Waals surface area contributed by atoms with E-state index in [1.807, 2.05) is 19.9 Å². The normalized spacial score (nSPS) is 11.1. The summed E-state index contributed by atoms with van der Waals surface area (Å²) in [5.41, 5.74) is 1.83. The van der Waals surface area contributed by atoms with Gasteiger partial charge in [-0.1, -0.05) is 18.2 Å². The van der Waals surface area contributed by atoms with Crippen molar-refractivity contribution in [1.29, 1.82) is 0 Å². The average molecular weight is 124 g/mol. The van der Waals surface area contributed by atoms with Gasteiger partial charge in [-0.15, -0.1) is 0 Å². The molecule has 0 unspecified atom stereocenters. The van der Waals surface area contributed by atoms with Crippen LogP contribution in [0.3, 0.4) is 0 Å². The summed E-state index contributed by atoms with van der Waals surface area (Å²) in [4.78, 5) is 10.2. The molecule has 9 heavy (non-hydrogen) atoms. The lowest BCUT2D eigenvalue weighted by Gasteiger charge is -1.94. The first-order chi connectivity index (χ1) is 4.20. The molecule has 0 fully saturated rings. The summed E-state index contributed by atoms with van der Waals surface area (Å²) in [7, 11) is 0. The van der Waals surface area contributed by atoms with Crippen molar-refractivity contribution in [3.63, 3.8) is 0 Å². The Morgan fingerprint density at radius 3 is 2.33 bits per heavy atom. The number of aldehydes is 1. The van der Waals surface area contributed by atoms with E-state index in [1.54, 1.807) is 0 Å². The Labute approximate surface area is 56.1 Å². The lowest BCUT2D eigenvalue weighted by molar-refractivity contribution is -0.105. The summed E-state index contributed by atoms with van der Waals surface area (Å²) in [5, 5.41) is 0. The largest absolute Gasteiger partial charge is 0.298 e. The molecule has 0 N–H and O–H groups in total. The highest BCUT2D eigenvalue weighted by Gasteiger charge is 1.91. The van der Waals surface area contributed by atoms with E-state index >= 15 is 0 Å². The predicted molar refractivity (Wildman–Crippen MR) is 39.3 cm³/mol. The molecule has 0 aliphatic carbocycles. The van der Waals surface area contributed by atoms with Gasteiger partial charge in [-0.2, -0.15) is 0 Å². The Morgan fingerprint density at radius 1 is 1.67 bits per heavy atom. The topological polar surface area (TPSA) is 17.1 Å². The molecule has 50 valence electrons. The van der Waals surface area contributed by atoms with E-state index in [0.717, 1.165) is 17.4 Å². The van der Waals surface area contributed by atoms with Crippen molar-refractivity contribution in [3.8, 4) is 0 Å². The second kappa shape index (κ2) is 4.07. The third-order valence-electron chi connectivity index (χ3n) is 1.03. The van der Waals surface area contributed by atoms with Crippen LogP contribution in [-0.4, -0.2) is 6.29 Å². The standard InChI is InChI=1S/C8H12O/c1-4-8(6-9)5-7(2)3/h4,6H,2,5H2,1,3H3. The van der Waals surface area contributed by atoms with E-state index in [0.29, 0.717) is 6.42 Å². The summed E-state index contributed by atoms with van der Waals surface area (Å²) in [6.45, 7) is 7.45. The summed E-state index contributed by atoms with van der Waals surface area (Å²) in [5.74, 6) is 0. The van der Waals surface area contributed by atoms with Crippen molar-refractivity contribution in [3.05, 3.63) is 23.8 Å². The van der Waals surface area contributed by atoms with E-state index in [-0.39, 0.29) is 0 Å². The molecule has 0 rings (SSSR count). The predicted octanol–water partition coefficient (Wildman–Crippen LogP) is 2.10. The van der Waals surface area contributed by atoms with E-state index in [1.165, 1.54) is 0 Å². The molecule has 0 heterocycles. The van der Waals surface area contributed by atoms with Gasteiger partial charge in [0.1, 0.15) is 6.29 Å². The fourth-order valence-electron chi connectivity index (χ4n) is 0.560. The van der Waals surface area contributed by atoms with Crippen LogP contribution in [0.5, 0.6) is 0 Å². The van der Waals surface area contributed by atoms with Crippen molar-refractivity contribution in [2.24, 2.45) is 0 Å². The Kier molecular flexibility index (Phi) is 3.69. The number of carbonyl (C=O) groups excluding carboxylic acids is 1. The molecule has 0 amide bonds. The molecule has 0 bridgehead atoms. The molecule has 1 nitrogen and oxygen atoms in total. The van der Waals surface area contributed by atoms with Gasteiger partial charge in [-0.25, -0.2) is 0 Å². The van der Waals surface area contributed by atoms with Crippen molar-refractivity contribution in [2.75, 3.05) is 0 Å². The molecule has 0 aliphatic rings. The molecule has 1 heteroatoms. The van der Waals surface area contributed by atoms with Gasteiger partial charge in [0, 0.05) is 0 Å². The quantitative estimate of drug-likeness (QED) is 0.320. The van der Waals surface area contributed by atoms with Gasteiger partial charge in [0.05, 0.1) is 0 Å². The van der Waals surface area contributed by atoms with Crippen LogP contribution >= 0.6 is 0 Å². The maximum absolute atomic E-state index is 10.2. The van der Waals surface area contributed by atoms with Crippen molar-refractivity contribution in [1.82, 2.24) is 0 Å². The van der Waals surface area contributed by atoms with Crippen molar-refractivity contribution in [2.45, 2.75) is 20.3 Å². The van der Waals surface area contributed by atoms with Crippen LogP contribution < -0.4 is 0 Å². The maximum Gasteiger partial charge on any atom is 0.146 e. The first kappa shape index (κ1) is 8.15. The molecule has 0 spiro atoms. The van der Waals surface area contributed by atoms with Crippen LogP contribution in [0, 0.1) is 0 Å². The SMILES string of the molecule is C=C(C)CC(C=O)=CC. The molecule has 0 atom stereocenters. The highest BCUT2D eigenvalue weighted by molar-refractivity contribution is 5.73. The molecule has 0 aromatic heterocycles. The Bertz CT molecular complexity index is 143. The minimum absolute atomic E-state index is 0.708. The fraction of sp³-hybridized carbons (Fsp3) is 0.375. The second-order valence-electron chi connectivity index (χ2n) is 2.12. The first-order valence-electron chi connectivity index (χ1n) is 2.95. The van der Waals surface area contributed by atoms with E-state index < -0.39 is 0 Å². The molecule has 0 radical (unpaired) electrons. The first-order valence-corrected chi connectivity index (χ1v) is 2.95. The molecule has 0 saturated heterocycles. The van der Waals surface area contributed by atoms with Crippen LogP contribution in [0.4, 0.5) is 0 Å². The number of carbonyl (C=O) groups is 1. The number of hydrogen-bond donors (Lipinski definition) is 0. The highest BCUT2D eigenvalue weighted by atomic mass is 16.1. The third-order valence-corrected chi connectivity index (χ3v) is 1.03. The third kappa shape index (κ3) is 3.71. The molecular weight excluding hydrogens is 112 g/mol. The number of allylic oxidation sites excluding steroid dienone is 3. The van der Waals surface area contributed by atoms with Gasteiger partial charge in [0.2, 0.25) is 0 Å². The lowest BCUT2D eigenvalue weighted by atomic mass is 10.1. The van der Waals surface area contributed by atoms with E-state index in [2.05, 4.69) is 6.58 Å². The molecule has 0 aromatic rings. The Hall–Kier alpha value is -0.850. The van der Waals surface area contributed by atoms with Crippen LogP contribution in [0.2, 0.25) is 0 Å². The summed E-state index contributed by atoms with van der Waals surface area (Å²) >= 11 is 0. The summed E-state index contributed by atoms with van der Waals surface area (Å²) in [6, 6.07) is 0. The monoisotopic (exact) mass is 124 g/mol. The minimum Gasteiger partial charge on any atom is -0.298 e. The van der Waals surface area contributed by atoms with Gasteiger partial charge >= 0.3 is 0 Å².